The van der Waals surface area contributed by atoms with E-state index in [0.29, 0.717) is 17.7 Å². The van der Waals surface area contributed by atoms with E-state index < -0.39 is 12.1 Å². The Morgan fingerprint density at radius 3 is 2.25 bits per heavy atom. The second kappa shape index (κ2) is 8.26. The highest BCUT2D eigenvalue weighted by Crippen LogP contribution is 2.10. The smallest absolute Gasteiger partial charge is 0.338 e. The van der Waals surface area contributed by atoms with Crippen LogP contribution < -0.4 is 0 Å². The maximum absolute atomic E-state index is 12.3. The lowest BCUT2D eigenvalue weighted by molar-refractivity contribution is -0.139. The van der Waals surface area contributed by atoms with Crippen molar-refractivity contribution < 1.29 is 19.4 Å². The van der Waals surface area contributed by atoms with Gasteiger partial charge in [-0.2, -0.15) is 0 Å². The second-order valence-electron chi connectivity index (χ2n) is 5.58. The lowest BCUT2D eigenvalue weighted by Crippen LogP contribution is -2.37. The number of aliphatic hydroxyl groups is 1. The number of hydrogen-bond donors (Lipinski definition) is 1. The molecule has 5 heteroatoms. The standard InChI is InChI=1S/C19H21NO4/c1-14(18(22)20(2)12-15-6-4-3-5-7-15)24-19(23)17-10-8-16(13-21)9-11-17/h3-11,14,21H,12-13H2,1-2H3/t14-/m1/s1. The van der Waals surface area contributed by atoms with Gasteiger partial charge in [0.25, 0.3) is 5.91 Å². The van der Waals surface area contributed by atoms with Gasteiger partial charge >= 0.3 is 5.97 Å². The predicted molar refractivity (Wildman–Crippen MR) is 90.2 cm³/mol. The first-order valence-electron chi connectivity index (χ1n) is 7.71. The Labute approximate surface area is 141 Å². The molecule has 2 aromatic carbocycles. The quantitative estimate of drug-likeness (QED) is 0.827. The number of ether oxygens (including phenoxy) is 1. The number of carbonyl (C=O) groups excluding carboxylic acids is 2. The number of nitrogens with zero attached hydrogens (tertiary/aromatic N) is 1. The van der Waals surface area contributed by atoms with Crippen LogP contribution in [0, 0.1) is 0 Å². The fourth-order valence-electron chi connectivity index (χ4n) is 2.27. The van der Waals surface area contributed by atoms with Crippen LogP contribution in [0.25, 0.3) is 0 Å². The summed E-state index contributed by atoms with van der Waals surface area (Å²) in [4.78, 5) is 25.9. The number of likely N-dealkylation sites (N-methyl/N-ethyl adjacent to an activating group) is 1. The van der Waals surface area contributed by atoms with Gasteiger partial charge in [0, 0.05) is 13.6 Å². The van der Waals surface area contributed by atoms with E-state index in [9.17, 15) is 9.59 Å². The van der Waals surface area contributed by atoms with E-state index in [0.717, 1.165) is 5.56 Å². The lowest BCUT2D eigenvalue weighted by atomic mass is 10.1. The molecule has 0 aliphatic rings. The van der Waals surface area contributed by atoms with Crippen molar-refractivity contribution in [3.05, 3.63) is 71.3 Å². The van der Waals surface area contributed by atoms with Crippen molar-refractivity contribution in [2.24, 2.45) is 0 Å². The Morgan fingerprint density at radius 2 is 1.67 bits per heavy atom. The summed E-state index contributed by atoms with van der Waals surface area (Å²) >= 11 is 0. The lowest BCUT2D eigenvalue weighted by Gasteiger charge is -2.21. The minimum atomic E-state index is -0.872. The monoisotopic (exact) mass is 327 g/mol. The highest BCUT2D eigenvalue weighted by Gasteiger charge is 2.22. The van der Waals surface area contributed by atoms with Gasteiger partial charge in [0.05, 0.1) is 12.2 Å². The van der Waals surface area contributed by atoms with E-state index in [-0.39, 0.29) is 12.5 Å². The number of aliphatic hydroxyl groups excluding tert-OH is 1. The van der Waals surface area contributed by atoms with Gasteiger partial charge in [-0.25, -0.2) is 4.79 Å². The number of hydrogen-bond acceptors (Lipinski definition) is 4. The Morgan fingerprint density at radius 1 is 1.04 bits per heavy atom. The minimum absolute atomic E-state index is 0.0888. The van der Waals surface area contributed by atoms with Gasteiger partial charge in [-0.1, -0.05) is 42.5 Å². The molecule has 126 valence electrons. The molecule has 0 saturated heterocycles. The Balaban J connectivity index is 1.93. The number of amides is 1. The SMILES string of the molecule is C[C@@H](OC(=O)c1ccc(CO)cc1)C(=O)N(C)Cc1ccccc1. The summed E-state index contributed by atoms with van der Waals surface area (Å²) in [6.45, 7) is 1.92. The molecule has 2 aromatic rings. The number of esters is 1. The average Bonchev–Trinajstić information content (AvgIpc) is 2.61. The van der Waals surface area contributed by atoms with Gasteiger partial charge in [0.15, 0.2) is 6.10 Å². The molecule has 1 N–H and O–H groups in total. The minimum Gasteiger partial charge on any atom is -0.449 e. The third-order valence-electron chi connectivity index (χ3n) is 3.64. The molecular formula is C19H21NO4. The molecule has 5 nitrogen and oxygen atoms in total. The summed E-state index contributed by atoms with van der Waals surface area (Å²) in [6, 6.07) is 16.0. The van der Waals surface area contributed by atoms with Crippen LogP contribution >= 0.6 is 0 Å². The molecule has 0 radical (unpaired) electrons. The van der Waals surface area contributed by atoms with E-state index in [1.807, 2.05) is 30.3 Å². The van der Waals surface area contributed by atoms with Gasteiger partial charge < -0.3 is 14.7 Å². The molecule has 2 rings (SSSR count). The molecule has 0 aromatic heterocycles. The van der Waals surface area contributed by atoms with E-state index in [2.05, 4.69) is 0 Å². The second-order valence-corrected chi connectivity index (χ2v) is 5.58. The van der Waals surface area contributed by atoms with Gasteiger partial charge in [-0.15, -0.1) is 0 Å². The summed E-state index contributed by atoms with van der Waals surface area (Å²) in [5, 5.41) is 9.00. The molecule has 1 atom stereocenters. The molecule has 1 amide bonds. The highest BCUT2D eigenvalue weighted by atomic mass is 16.5. The van der Waals surface area contributed by atoms with Crippen LogP contribution in [-0.4, -0.2) is 35.0 Å². The highest BCUT2D eigenvalue weighted by molar-refractivity contribution is 5.92. The van der Waals surface area contributed by atoms with Crippen molar-refractivity contribution in [1.29, 1.82) is 0 Å². The largest absolute Gasteiger partial charge is 0.449 e. The van der Waals surface area contributed by atoms with Gasteiger partial charge in [-0.3, -0.25) is 4.79 Å². The van der Waals surface area contributed by atoms with E-state index in [1.165, 1.54) is 4.90 Å². The van der Waals surface area contributed by atoms with Crippen molar-refractivity contribution in [3.8, 4) is 0 Å². The first-order chi connectivity index (χ1) is 11.5. The third-order valence-corrected chi connectivity index (χ3v) is 3.64. The summed E-state index contributed by atoms with van der Waals surface area (Å²) in [7, 11) is 1.68. The van der Waals surface area contributed by atoms with E-state index in [4.69, 9.17) is 9.84 Å². The summed E-state index contributed by atoms with van der Waals surface area (Å²) < 4.78 is 5.24. The first-order valence-corrected chi connectivity index (χ1v) is 7.71. The number of benzene rings is 2. The Kier molecular flexibility index (Phi) is 6.09. The predicted octanol–water partition coefficient (Wildman–Crippen LogP) is 2.38. The van der Waals surface area contributed by atoms with Crippen molar-refractivity contribution in [2.45, 2.75) is 26.2 Å². The summed E-state index contributed by atoms with van der Waals surface area (Å²) in [5.41, 5.74) is 2.06. The molecule has 0 bridgehead atoms. The van der Waals surface area contributed by atoms with Crippen molar-refractivity contribution in [3.63, 3.8) is 0 Å². The van der Waals surface area contributed by atoms with Crippen LogP contribution in [-0.2, 0) is 22.7 Å². The zero-order valence-electron chi connectivity index (χ0n) is 13.8. The zero-order valence-corrected chi connectivity index (χ0v) is 13.8. The van der Waals surface area contributed by atoms with Gasteiger partial charge in [0.1, 0.15) is 0 Å². The Bertz CT molecular complexity index is 682. The van der Waals surface area contributed by atoms with E-state index >= 15 is 0 Å². The maximum Gasteiger partial charge on any atom is 0.338 e. The first kappa shape index (κ1) is 17.7. The van der Waals surface area contributed by atoms with Crippen molar-refractivity contribution >= 4 is 11.9 Å². The van der Waals surface area contributed by atoms with Crippen LogP contribution in [0.4, 0.5) is 0 Å². The summed E-state index contributed by atoms with van der Waals surface area (Å²) in [6.07, 6.45) is -0.872. The number of carbonyl (C=O) groups is 2. The maximum atomic E-state index is 12.3. The third kappa shape index (κ3) is 4.67. The van der Waals surface area contributed by atoms with Crippen LogP contribution in [0.5, 0.6) is 0 Å². The van der Waals surface area contributed by atoms with Gasteiger partial charge in [0.2, 0.25) is 0 Å². The normalized spacial score (nSPS) is 11.6. The molecule has 0 aliphatic carbocycles. The molecule has 0 spiro atoms. The zero-order chi connectivity index (χ0) is 17.5. The topological polar surface area (TPSA) is 66.8 Å². The average molecular weight is 327 g/mol. The van der Waals surface area contributed by atoms with Crippen LogP contribution in [0.2, 0.25) is 0 Å². The molecule has 0 unspecified atom stereocenters. The van der Waals surface area contributed by atoms with E-state index in [1.54, 1.807) is 38.2 Å². The van der Waals surface area contributed by atoms with Crippen LogP contribution in [0.1, 0.15) is 28.4 Å². The molecule has 24 heavy (non-hydrogen) atoms. The van der Waals surface area contributed by atoms with Gasteiger partial charge in [-0.05, 0) is 30.2 Å². The molecular weight excluding hydrogens is 306 g/mol. The van der Waals surface area contributed by atoms with Crippen molar-refractivity contribution in [1.82, 2.24) is 4.90 Å². The van der Waals surface area contributed by atoms with Crippen molar-refractivity contribution in [2.75, 3.05) is 7.05 Å². The fraction of sp³-hybridized carbons (Fsp3) is 0.263. The number of rotatable bonds is 6. The molecule has 0 aliphatic heterocycles. The van der Waals surface area contributed by atoms with Crippen LogP contribution in [0.3, 0.4) is 0 Å². The Hall–Kier alpha value is -2.66. The summed E-state index contributed by atoms with van der Waals surface area (Å²) in [5.74, 6) is -0.826. The molecule has 0 heterocycles. The molecule has 0 saturated carbocycles. The fourth-order valence-corrected chi connectivity index (χ4v) is 2.27. The van der Waals surface area contributed by atoms with Crippen LogP contribution in [0.15, 0.2) is 54.6 Å². The molecule has 0 fully saturated rings.